The van der Waals surface area contributed by atoms with E-state index in [4.69, 9.17) is 10.8 Å². The molecule has 0 aliphatic rings. The maximum absolute atomic E-state index is 11.9. The van der Waals surface area contributed by atoms with Crippen LogP contribution >= 0.6 is 0 Å². The molecular weight excluding hydrogens is 208 g/mol. The third-order valence-electron chi connectivity index (χ3n) is 2.50. The second-order valence-electron chi connectivity index (χ2n) is 4.08. The number of carbonyl (C=O) groups is 1. The van der Waals surface area contributed by atoms with Gasteiger partial charge in [0.2, 0.25) is 0 Å². The fourth-order valence-electron chi connectivity index (χ4n) is 1.39. The molecule has 0 aromatic carbocycles. The summed E-state index contributed by atoms with van der Waals surface area (Å²) in [6.45, 7) is 3.75. The Bertz CT molecular complexity index is 353. The summed E-state index contributed by atoms with van der Waals surface area (Å²) in [5.74, 6) is -0.159. The van der Waals surface area contributed by atoms with Crippen LogP contribution in [-0.2, 0) is 7.05 Å². The maximum atomic E-state index is 11.9. The Hall–Kier alpha value is -1.56. The van der Waals surface area contributed by atoms with Gasteiger partial charge >= 0.3 is 0 Å². The van der Waals surface area contributed by atoms with Gasteiger partial charge in [0.1, 0.15) is 5.69 Å². The van der Waals surface area contributed by atoms with Gasteiger partial charge in [0.05, 0.1) is 24.5 Å². The summed E-state index contributed by atoms with van der Waals surface area (Å²) in [7, 11) is 1.65. The number of nitrogens with zero attached hydrogens (tertiary/aromatic N) is 2. The Morgan fingerprint density at radius 1 is 1.69 bits per heavy atom. The summed E-state index contributed by atoms with van der Waals surface area (Å²) < 4.78 is 1.42. The molecule has 0 aliphatic heterocycles. The normalized spacial score (nSPS) is 12.8. The van der Waals surface area contributed by atoms with Crippen molar-refractivity contribution in [2.75, 3.05) is 12.3 Å². The van der Waals surface area contributed by atoms with Crippen LogP contribution in [0.4, 0.5) is 5.69 Å². The minimum atomic E-state index is -0.315. The van der Waals surface area contributed by atoms with E-state index < -0.39 is 0 Å². The highest BCUT2D eigenvalue weighted by Crippen LogP contribution is 2.10. The van der Waals surface area contributed by atoms with Gasteiger partial charge in [-0.3, -0.25) is 9.48 Å². The Kier molecular flexibility index (Phi) is 3.89. The van der Waals surface area contributed by atoms with Crippen LogP contribution in [0.5, 0.6) is 0 Å². The molecule has 0 unspecified atom stereocenters. The zero-order valence-corrected chi connectivity index (χ0v) is 9.77. The van der Waals surface area contributed by atoms with Crippen molar-refractivity contribution in [1.82, 2.24) is 15.1 Å². The number of nitrogens with two attached hydrogens (primary N) is 1. The number of hydrogen-bond donors (Lipinski definition) is 3. The van der Waals surface area contributed by atoms with Gasteiger partial charge in [0, 0.05) is 7.05 Å². The molecule has 0 fully saturated rings. The molecule has 16 heavy (non-hydrogen) atoms. The summed E-state index contributed by atoms with van der Waals surface area (Å²) in [6.07, 6.45) is 1.43. The first-order chi connectivity index (χ1) is 7.47. The number of aryl methyl sites for hydroxylation is 1. The van der Waals surface area contributed by atoms with Crippen molar-refractivity contribution in [2.45, 2.75) is 19.9 Å². The molecule has 1 heterocycles. The number of amides is 1. The molecular formula is C10H18N4O2. The first-order valence-corrected chi connectivity index (χ1v) is 5.16. The predicted molar refractivity (Wildman–Crippen MR) is 60.8 cm³/mol. The van der Waals surface area contributed by atoms with E-state index in [1.165, 1.54) is 10.9 Å². The van der Waals surface area contributed by atoms with E-state index in [0.717, 1.165) is 0 Å². The van der Waals surface area contributed by atoms with Crippen molar-refractivity contribution < 1.29 is 9.90 Å². The van der Waals surface area contributed by atoms with Gasteiger partial charge in [-0.15, -0.1) is 0 Å². The van der Waals surface area contributed by atoms with Gasteiger partial charge in [-0.05, 0) is 5.92 Å². The first kappa shape index (κ1) is 12.5. The van der Waals surface area contributed by atoms with Crippen LogP contribution in [0, 0.1) is 5.92 Å². The van der Waals surface area contributed by atoms with Gasteiger partial charge in [0.25, 0.3) is 5.91 Å². The number of anilines is 1. The number of aliphatic hydroxyl groups excluding tert-OH is 1. The number of nitrogens with one attached hydrogen (secondary N) is 1. The molecule has 6 nitrogen and oxygen atoms in total. The van der Waals surface area contributed by atoms with Crippen molar-refractivity contribution in [3.63, 3.8) is 0 Å². The van der Waals surface area contributed by atoms with E-state index in [1.54, 1.807) is 7.05 Å². The molecule has 1 rings (SSSR count). The lowest BCUT2D eigenvalue weighted by Crippen LogP contribution is -2.42. The minimum absolute atomic E-state index is 0.0961. The second kappa shape index (κ2) is 4.98. The average molecular weight is 226 g/mol. The van der Waals surface area contributed by atoms with Gasteiger partial charge in [-0.2, -0.15) is 5.10 Å². The summed E-state index contributed by atoms with van der Waals surface area (Å²) in [5.41, 5.74) is 6.28. The van der Waals surface area contributed by atoms with E-state index in [2.05, 4.69) is 10.4 Å². The molecule has 0 spiro atoms. The number of hydrogen-bond acceptors (Lipinski definition) is 4. The van der Waals surface area contributed by atoms with E-state index in [9.17, 15) is 4.79 Å². The van der Waals surface area contributed by atoms with Crippen LogP contribution in [-0.4, -0.2) is 33.4 Å². The van der Waals surface area contributed by atoms with Crippen LogP contribution in [0.2, 0.25) is 0 Å². The highest BCUT2D eigenvalue weighted by Gasteiger charge is 2.20. The molecule has 4 N–H and O–H groups in total. The number of rotatable bonds is 4. The quantitative estimate of drug-likeness (QED) is 0.660. The van der Waals surface area contributed by atoms with Crippen LogP contribution in [0.25, 0.3) is 0 Å². The zero-order chi connectivity index (χ0) is 12.3. The largest absolute Gasteiger partial charge is 0.396 e. The first-order valence-electron chi connectivity index (χ1n) is 5.16. The second-order valence-corrected chi connectivity index (χ2v) is 4.08. The van der Waals surface area contributed by atoms with Crippen LogP contribution in [0.15, 0.2) is 6.20 Å². The summed E-state index contributed by atoms with van der Waals surface area (Å²) in [5, 5.41) is 15.7. The predicted octanol–water partition coefficient (Wildman–Crippen LogP) is -0.251. The molecule has 90 valence electrons. The molecule has 0 bridgehead atoms. The maximum Gasteiger partial charge on any atom is 0.271 e. The van der Waals surface area contributed by atoms with E-state index in [1.807, 2.05) is 13.8 Å². The third kappa shape index (κ3) is 2.52. The molecule has 1 aromatic heterocycles. The number of aliphatic hydroxyl groups is 1. The van der Waals surface area contributed by atoms with E-state index >= 15 is 0 Å². The highest BCUT2D eigenvalue weighted by atomic mass is 16.3. The lowest BCUT2D eigenvalue weighted by atomic mass is 10.1. The minimum Gasteiger partial charge on any atom is -0.396 e. The lowest BCUT2D eigenvalue weighted by molar-refractivity contribution is 0.0888. The van der Waals surface area contributed by atoms with Gasteiger partial charge in [0.15, 0.2) is 0 Å². The molecule has 0 radical (unpaired) electrons. The molecule has 1 aromatic rings. The molecule has 0 saturated carbocycles. The van der Waals surface area contributed by atoms with Crippen LogP contribution in [0.1, 0.15) is 24.3 Å². The van der Waals surface area contributed by atoms with Gasteiger partial charge < -0.3 is 16.2 Å². The Balaban J connectivity index is 2.80. The molecule has 6 heteroatoms. The molecule has 1 amide bonds. The molecule has 1 atom stereocenters. The average Bonchev–Trinajstić information content (AvgIpc) is 2.54. The van der Waals surface area contributed by atoms with Gasteiger partial charge in [-0.25, -0.2) is 0 Å². The van der Waals surface area contributed by atoms with Crippen molar-refractivity contribution in [1.29, 1.82) is 0 Å². The standard InChI is InChI=1S/C10H18N4O2/c1-6(2)8(5-15)13-10(16)9-7(11)4-12-14(9)3/h4,6,8,15H,5,11H2,1-3H3,(H,13,16)/t8-/m1/s1. The van der Waals surface area contributed by atoms with Crippen molar-refractivity contribution >= 4 is 11.6 Å². The van der Waals surface area contributed by atoms with Crippen LogP contribution < -0.4 is 11.1 Å². The lowest BCUT2D eigenvalue weighted by Gasteiger charge is -2.19. The SMILES string of the molecule is CC(C)[C@@H](CO)NC(=O)c1c(N)cnn1C. The molecule has 0 saturated heterocycles. The zero-order valence-electron chi connectivity index (χ0n) is 9.77. The van der Waals surface area contributed by atoms with Gasteiger partial charge in [-0.1, -0.05) is 13.8 Å². The fourth-order valence-corrected chi connectivity index (χ4v) is 1.39. The monoisotopic (exact) mass is 226 g/mol. The molecule has 0 aliphatic carbocycles. The van der Waals surface area contributed by atoms with Crippen molar-refractivity contribution in [3.8, 4) is 0 Å². The van der Waals surface area contributed by atoms with Crippen molar-refractivity contribution in [2.24, 2.45) is 13.0 Å². The summed E-state index contributed by atoms with van der Waals surface area (Å²) >= 11 is 0. The smallest absolute Gasteiger partial charge is 0.271 e. The summed E-state index contributed by atoms with van der Waals surface area (Å²) in [6, 6.07) is -0.276. The Morgan fingerprint density at radius 3 is 2.69 bits per heavy atom. The van der Waals surface area contributed by atoms with E-state index in [0.29, 0.717) is 11.4 Å². The third-order valence-corrected chi connectivity index (χ3v) is 2.50. The number of nitrogen functional groups attached to an aromatic ring is 1. The van der Waals surface area contributed by atoms with Crippen LogP contribution in [0.3, 0.4) is 0 Å². The fraction of sp³-hybridized carbons (Fsp3) is 0.600. The summed E-state index contributed by atoms with van der Waals surface area (Å²) in [4.78, 5) is 11.9. The highest BCUT2D eigenvalue weighted by molar-refractivity contribution is 5.97. The van der Waals surface area contributed by atoms with Crippen molar-refractivity contribution in [3.05, 3.63) is 11.9 Å². The Morgan fingerprint density at radius 2 is 2.31 bits per heavy atom. The Labute approximate surface area is 94.4 Å². The number of aromatic nitrogens is 2. The number of carbonyl (C=O) groups excluding carboxylic acids is 1. The van der Waals surface area contributed by atoms with E-state index in [-0.39, 0.29) is 24.5 Å². The topological polar surface area (TPSA) is 93.2 Å².